The Morgan fingerprint density at radius 3 is 2.19 bits per heavy atom. The van der Waals surface area contributed by atoms with E-state index in [1.54, 1.807) is 30.5 Å². The molecule has 0 aromatic heterocycles. The van der Waals surface area contributed by atoms with E-state index in [1.165, 1.54) is 12.5 Å². The summed E-state index contributed by atoms with van der Waals surface area (Å²) < 4.78 is 5.24. The molecule has 0 radical (unpaired) electrons. The Morgan fingerprint density at radius 1 is 1.05 bits per heavy atom. The molecule has 2 rings (SSSR count). The van der Waals surface area contributed by atoms with Crippen LogP contribution in [0.4, 0.5) is 16.2 Å². The lowest BCUT2D eigenvalue weighted by atomic mass is 10.1. The van der Waals surface area contributed by atoms with Gasteiger partial charge in [0, 0.05) is 24.5 Å². The Bertz CT molecular complexity index is 530. The largest absolute Gasteiger partial charge is 0.381 e. The van der Waals surface area contributed by atoms with Gasteiger partial charge in [-0.15, -0.1) is 0 Å². The minimum atomic E-state index is -0.290. The highest BCUT2D eigenvalue weighted by molar-refractivity contribution is 5.91. The Labute approximate surface area is 123 Å². The highest BCUT2D eigenvalue weighted by Gasteiger charge is 2.06. The van der Waals surface area contributed by atoms with Crippen LogP contribution in [0.3, 0.4) is 0 Å². The van der Waals surface area contributed by atoms with Gasteiger partial charge in [-0.25, -0.2) is 4.79 Å². The number of benzene rings is 1. The number of carbonyl (C=O) groups is 2. The SMILES string of the molecule is CC(=O)Nc1ccc(NC(=O)NC=C2CCOCC2)cc1. The highest BCUT2D eigenvalue weighted by atomic mass is 16.5. The molecule has 1 saturated heterocycles. The van der Waals surface area contributed by atoms with Crippen LogP contribution in [0.5, 0.6) is 0 Å². The Balaban J connectivity index is 1.83. The van der Waals surface area contributed by atoms with E-state index in [0.717, 1.165) is 12.8 Å². The van der Waals surface area contributed by atoms with Gasteiger partial charge < -0.3 is 20.7 Å². The molecule has 21 heavy (non-hydrogen) atoms. The van der Waals surface area contributed by atoms with Gasteiger partial charge in [-0.1, -0.05) is 0 Å². The van der Waals surface area contributed by atoms with E-state index in [2.05, 4.69) is 16.0 Å². The van der Waals surface area contributed by atoms with Crippen molar-refractivity contribution in [3.8, 4) is 0 Å². The molecule has 1 fully saturated rings. The highest BCUT2D eigenvalue weighted by Crippen LogP contribution is 2.14. The molecule has 112 valence electrons. The molecule has 1 aromatic rings. The van der Waals surface area contributed by atoms with Crippen LogP contribution in [0.15, 0.2) is 36.0 Å². The standard InChI is InChI=1S/C15H19N3O3/c1-11(19)17-13-2-4-14(5-3-13)18-15(20)16-10-12-6-8-21-9-7-12/h2-5,10H,6-9H2,1H3,(H,17,19)(H2,16,18,20). The molecule has 3 N–H and O–H groups in total. The second-order valence-corrected chi connectivity index (χ2v) is 4.77. The zero-order valence-electron chi connectivity index (χ0n) is 11.9. The maximum atomic E-state index is 11.8. The molecule has 1 aliphatic heterocycles. The van der Waals surface area contributed by atoms with Crippen LogP contribution >= 0.6 is 0 Å². The predicted octanol–water partition coefficient (Wildman–Crippen LogP) is 2.46. The first-order valence-electron chi connectivity index (χ1n) is 6.84. The Hall–Kier alpha value is -2.34. The molecule has 6 heteroatoms. The first-order chi connectivity index (χ1) is 10.1. The number of carbonyl (C=O) groups excluding carboxylic acids is 2. The molecule has 1 aromatic carbocycles. The third-order valence-corrected chi connectivity index (χ3v) is 3.01. The van der Waals surface area contributed by atoms with Crippen molar-refractivity contribution >= 4 is 23.3 Å². The van der Waals surface area contributed by atoms with E-state index in [1.807, 2.05) is 0 Å². The fraction of sp³-hybridized carbons (Fsp3) is 0.333. The average Bonchev–Trinajstić information content (AvgIpc) is 2.48. The van der Waals surface area contributed by atoms with E-state index in [9.17, 15) is 9.59 Å². The summed E-state index contributed by atoms with van der Waals surface area (Å²) in [6, 6.07) is 6.63. The zero-order chi connectivity index (χ0) is 15.1. The van der Waals surface area contributed by atoms with Gasteiger partial charge in [0.05, 0.1) is 13.2 Å². The molecular formula is C15H19N3O3. The van der Waals surface area contributed by atoms with E-state index < -0.39 is 0 Å². The summed E-state index contributed by atoms with van der Waals surface area (Å²) in [5.74, 6) is -0.128. The zero-order valence-corrected chi connectivity index (χ0v) is 11.9. The van der Waals surface area contributed by atoms with Crippen LogP contribution in [-0.4, -0.2) is 25.2 Å². The van der Waals surface area contributed by atoms with Gasteiger partial charge in [-0.05, 0) is 42.7 Å². The molecule has 6 nitrogen and oxygen atoms in total. The molecule has 0 atom stereocenters. The second kappa shape index (κ2) is 7.44. The molecule has 0 bridgehead atoms. The molecule has 0 unspecified atom stereocenters. The smallest absolute Gasteiger partial charge is 0.323 e. The lowest BCUT2D eigenvalue weighted by molar-refractivity contribution is -0.114. The number of urea groups is 1. The van der Waals surface area contributed by atoms with Crippen LogP contribution in [0.1, 0.15) is 19.8 Å². The Morgan fingerprint density at radius 2 is 1.62 bits per heavy atom. The van der Waals surface area contributed by atoms with E-state index >= 15 is 0 Å². The number of hydrogen-bond acceptors (Lipinski definition) is 3. The topological polar surface area (TPSA) is 79.5 Å². The van der Waals surface area contributed by atoms with Crippen LogP contribution < -0.4 is 16.0 Å². The first-order valence-corrected chi connectivity index (χ1v) is 6.84. The number of hydrogen-bond donors (Lipinski definition) is 3. The normalized spacial score (nSPS) is 14.2. The second-order valence-electron chi connectivity index (χ2n) is 4.77. The third kappa shape index (κ3) is 5.27. The molecule has 0 saturated carbocycles. The maximum absolute atomic E-state index is 11.8. The first kappa shape index (κ1) is 15.1. The number of rotatable bonds is 3. The minimum Gasteiger partial charge on any atom is -0.381 e. The quantitative estimate of drug-likeness (QED) is 0.799. The van der Waals surface area contributed by atoms with Crippen LogP contribution in [0.2, 0.25) is 0 Å². The fourth-order valence-electron chi connectivity index (χ4n) is 1.95. The molecule has 1 aliphatic rings. The molecule has 1 heterocycles. The summed E-state index contributed by atoms with van der Waals surface area (Å²) in [4.78, 5) is 22.7. The minimum absolute atomic E-state index is 0.128. The van der Waals surface area contributed by atoms with E-state index in [0.29, 0.717) is 24.6 Å². The van der Waals surface area contributed by atoms with E-state index in [4.69, 9.17) is 4.74 Å². The van der Waals surface area contributed by atoms with Gasteiger partial charge in [-0.3, -0.25) is 4.79 Å². The molecule has 0 spiro atoms. The fourth-order valence-corrected chi connectivity index (χ4v) is 1.95. The number of amides is 3. The lowest BCUT2D eigenvalue weighted by Crippen LogP contribution is -2.25. The summed E-state index contributed by atoms with van der Waals surface area (Å²) in [5, 5.41) is 8.10. The summed E-state index contributed by atoms with van der Waals surface area (Å²) in [6.07, 6.45) is 3.45. The van der Waals surface area contributed by atoms with Gasteiger partial charge in [0.15, 0.2) is 0 Å². The number of nitrogens with one attached hydrogen (secondary N) is 3. The van der Waals surface area contributed by atoms with Crippen LogP contribution in [0.25, 0.3) is 0 Å². The van der Waals surface area contributed by atoms with Crippen molar-refractivity contribution in [2.45, 2.75) is 19.8 Å². The van der Waals surface area contributed by atoms with Crippen molar-refractivity contribution in [1.82, 2.24) is 5.32 Å². The predicted molar refractivity (Wildman–Crippen MR) is 81.0 cm³/mol. The van der Waals surface area contributed by atoms with Crippen LogP contribution in [0, 0.1) is 0 Å². The van der Waals surface area contributed by atoms with Crippen molar-refractivity contribution in [1.29, 1.82) is 0 Å². The lowest BCUT2D eigenvalue weighted by Gasteiger charge is -2.14. The van der Waals surface area contributed by atoms with E-state index in [-0.39, 0.29) is 11.9 Å². The van der Waals surface area contributed by atoms with Crippen molar-refractivity contribution in [3.05, 3.63) is 36.0 Å². The van der Waals surface area contributed by atoms with Crippen molar-refractivity contribution in [2.24, 2.45) is 0 Å². The summed E-state index contributed by atoms with van der Waals surface area (Å²) in [6.45, 7) is 2.86. The van der Waals surface area contributed by atoms with Crippen LogP contribution in [-0.2, 0) is 9.53 Å². The van der Waals surface area contributed by atoms with Gasteiger partial charge in [0.25, 0.3) is 0 Å². The summed E-state index contributed by atoms with van der Waals surface area (Å²) in [7, 11) is 0. The number of ether oxygens (including phenoxy) is 1. The number of anilines is 2. The molecular weight excluding hydrogens is 270 g/mol. The third-order valence-electron chi connectivity index (χ3n) is 3.01. The van der Waals surface area contributed by atoms with Gasteiger partial charge in [0.2, 0.25) is 5.91 Å². The molecule has 0 aliphatic carbocycles. The Kier molecular flexibility index (Phi) is 5.34. The average molecular weight is 289 g/mol. The van der Waals surface area contributed by atoms with Gasteiger partial charge in [0.1, 0.15) is 0 Å². The summed E-state index contributed by atoms with van der Waals surface area (Å²) in [5.41, 5.74) is 2.53. The summed E-state index contributed by atoms with van der Waals surface area (Å²) >= 11 is 0. The van der Waals surface area contributed by atoms with Gasteiger partial charge in [-0.2, -0.15) is 0 Å². The van der Waals surface area contributed by atoms with Crippen molar-refractivity contribution < 1.29 is 14.3 Å². The van der Waals surface area contributed by atoms with Crippen molar-refractivity contribution in [3.63, 3.8) is 0 Å². The molecule has 3 amide bonds. The maximum Gasteiger partial charge on any atom is 0.323 e. The van der Waals surface area contributed by atoms with Gasteiger partial charge >= 0.3 is 6.03 Å². The monoisotopic (exact) mass is 289 g/mol. The van der Waals surface area contributed by atoms with Crippen molar-refractivity contribution in [2.75, 3.05) is 23.8 Å².